The third-order valence-electron chi connectivity index (χ3n) is 6.80. The number of carbonyl (C=O) groups is 3. The zero-order chi connectivity index (χ0) is 24.8. The Balaban J connectivity index is 1.15. The summed E-state index contributed by atoms with van der Waals surface area (Å²) in [5.74, 6) is -0.995. The number of benzene rings is 2. The van der Waals surface area contributed by atoms with Gasteiger partial charge in [-0.05, 0) is 47.4 Å². The second-order valence-electron chi connectivity index (χ2n) is 9.28. The molecule has 2 aliphatic rings. The van der Waals surface area contributed by atoms with Gasteiger partial charge in [0.15, 0.2) is 6.10 Å². The number of ether oxygens (including phenoxy) is 2. The van der Waals surface area contributed by atoms with Crippen molar-refractivity contribution in [3.63, 3.8) is 0 Å². The maximum atomic E-state index is 12.3. The molecule has 1 aliphatic carbocycles. The van der Waals surface area contributed by atoms with Crippen molar-refractivity contribution in [3.05, 3.63) is 59.7 Å². The van der Waals surface area contributed by atoms with Crippen molar-refractivity contribution in [2.24, 2.45) is 5.92 Å². The zero-order valence-corrected chi connectivity index (χ0v) is 19.9. The minimum atomic E-state index is -1.06. The van der Waals surface area contributed by atoms with Gasteiger partial charge < -0.3 is 25.2 Å². The summed E-state index contributed by atoms with van der Waals surface area (Å²) in [6.07, 6.45) is 0.735. The van der Waals surface area contributed by atoms with Crippen LogP contribution in [0, 0.1) is 5.92 Å². The second-order valence-corrected chi connectivity index (χ2v) is 9.28. The molecule has 1 saturated heterocycles. The Morgan fingerprint density at radius 1 is 1.06 bits per heavy atom. The quantitative estimate of drug-likeness (QED) is 0.478. The molecule has 1 fully saturated rings. The normalized spacial score (nSPS) is 19.5. The van der Waals surface area contributed by atoms with Crippen LogP contribution in [0.1, 0.15) is 49.7 Å². The van der Waals surface area contributed by atoms with Crippen molar-refractivity contribution in [1.82, 2.24) is 10.6 Å². The van der Waals surface area contributed by atoms with Crippen LogP contribution < -0.4 is 10.6 Å². The number of hydrogen-bond donors (Lipinski definition) is 3. The summed E-state index contributed by atoms with van der Waals surface area (Å²) < 4.78 is 10.7. The smallest absolute Gasteiger partial charge is 0.407 e. The molecule has 0 bridgehead atoms. The first-order valence-electron chi connectivity index (χ1n) is 12.2. The van der Waals surface area contributed by atoms with Gasteiger partial charge in [0, 0.05) is 25.5 Å². The van der Waals surface area contributed by atoms with E-state index in [1.807, 2.05) is 31.2 Å². The summed E-state index contributed by atoms with van der Waals surface area (Å²) in [6.45, 7) is 3.08. The molecular formula is C27H32N2O6. The fraction of sp³-hybridized carbons (Fsp3) is 0.444. The molecule has 0 radical (unpaired) electrons. The van der Waals surface area contributed by atoms with E-state index in [1.165, 1.54) is 22.3 Å². The Morgan fingerprint density at radius 3 is 2.37 bits per heavy atom. The van der Waals surface area contributed by atoms with Crippen molar-refractivity contribution in [1.29, 1.82) is 0 Å². The third-order valence-corrected chi connectivity index (χ3v) is 6.80. The Hall–Kier alpha value is -3.39. The van der Waals surface area contributed by atoms with Crippen LogP contribution in [0.5, 0.6) is 0 Å². The minimum absolute atomic E-state index is 0.0246. The Bertz CT molecular complexity index is 1030. The monoisotopic (exact) mass is 480 g/mol. The van der Waals surface area contributed by atoms with Gasteiger partial charge in [0.05, 0.1) is 6.04 Å². The molecule has 0 saturated carbocycles. The van der Waals surface area contributed by atoms with Crippen LogP contribution in [-0.2, 0) is 19.1 Å². The highest BCUT2D eigenvalue weighted by molar-refractivity contribution is 5.80. The number of carboxylic acids is 1. The Labute approximate surface area is 205 Å². The predicted molar refractivity (Wildman–Crippen MR) is 130 cm³/mol. The summed E-state index contributed by atoms with van der Waals surface area (Å²) in [7, 11) is 0. The van der Waals surface area contributed by atoms with Gasteiger partial charge in [0.1, 0.15) is 6.61 Å². The van der Waals surface area contributed by atoms with E-state index in [9.17, 15) is 14.4 Å². The van der Waals surface area contributed by atoms with E-state index in [0.717, 1.165) is 0 Å². The van der Waals surface area contributed by atoms with Crippen molar-refractivity contribution >= 4 is 18.0 Å². The number of carbonyl (C=O) groups excluding carboxylic acids is 2. The standard InChI is InChI=1S/C27H32N2O6/c1-17(10-11-24(30)29-23-13-15-34-25(23)26(31)32)12-14-28-27(33)35-16-22-20-8-4-2-6-18(20)19-7-3-5-9-21(19)22/h2-9,17,22-23,25H,10-16H2,1H3,(H,28,33)(H,29,30)(H,31,32). The molecule has 0 aromatic heterocycles. The van der Waals surface area contributed by atoms with Crippen molar-refractivity contribution in [3.8, 4) is 11.1 Å². The summed E-state index contributed by atoms with van der Waals surface area (Å²) >= 11 is 0. The Kier molecular flexibility index (Phi) is 8.02. The van der Waals surface area contributed by atoms with Gasteiger partial charge in [-0.1, -0.05) is 55.5 Å². The lowest BCUT2D eigenvalue weighted by molar-refractivity contribution is -0.148. The first-order chi connectivity index (χ1) is 16.9. The number of fused-ring (bicyclic) bond motifs is 3. The molecule has 186 valence electrons. The molecule has 0 spiro atoms. The first-order valence-corrected chi connectivity index (χ1v) is 12.2. The van der Waals surface area contributed by atoms with Gasteiger partial charge in [-0.3, -0.25) is 4.79 Å². The van der Waals surface area contributed by atoms with Crippen LogP contribution in [0.15, 0.2) is 48.5 Å². The molecule has 2 amide bonds. The molecule has 8 heteroatoms. The molecule has 3 atom stereocenters. The lowest BCUT2D eigenvalue weighted by Gasteiger charge is -2.17. The number of hydrogen-bond acceptors (Lipinski definition) is 5. The van der Waals surface area contributed by atoms with Crippen molar-refractivity contribution in [2.45, 2.75) is 50.7 Å². The molecular weight excluding hydrogens is 448 g/mol. The van der Waals surface area contributed by atoms with E-state index in [1.54, 1.807) is 0 Å². The fourth-order valence-electron chi connectivity index (χ4n) is 4.85. The highest BCUT2D eigenvalue weighted by atomic mass is 16.5. The van der Waals surface area contributed by atoms with Crippen LogP contribution in [0.25, 0.3) is 11.1 Å². The van der Waals surface area contributed by atoms with Crippen molar-refractivity contribution < 1.29 is 29.0 Å². The molecule has 8 nitrogen and oxygen atoms in total. The van der Waals surface area contributed by atoms with Gasteiger partial charge >= 0.3 is 12.1 Å². The maximum Gasteiger partial charge on any atom is 0.407 e. The number of nitrogens with one attached hydrogen (secondary N) is 2. The molecule has 1 aliphatic heterocycles. The topological polar surface area (TPSA) is 114 Å². The molecule has 4 rings (SSSR count). The molecule has 35 heavy (non-hydrogen) atoms. The number of alkyl carbamates (subject to hydrolysis) is 1. The van der Waals surface area contributed by atoms with E-state index < -0.39 is 24.2 Å². The molecule has 3 unspecified atom stereocenters. The maximum absolute atomic E-state index is 12.3. The average Bonchev–Trinajstić information content (AvgIpc) is 3.44. The summed E-state index contributed by atoms with van der Waals surface area (Å²) in [5.41, 5.74) is 4.72. The largest absolute Gasteiger partial charge is 0.479 e. The second kappa shape index (κ2) is 11.4. The summed E-state index contributed by atoms with van der Waals surface area (Å²) in [4.78, 5) is 35.6. The Morgan fingerprint density at radius 2 is 1.71 bits per heavy atom. The van der Waals surface area contributed by atoms with E-state index in [-0.39, 0.29) is 24.3 Å². The number of aliphatic carboxylic acids is 1. The first kappa shape index (κ1) is 24.7. The van der Waals surface area contributed by atoms with Crippen molar-refractivity contribution in [2.75, 3.05) is 19.8 Å². The van der Waals surface area contributed by atoms with Crippen LogP contribution in [0.3, 0.4) is 0 Å². The lowest BCUT2D eigenvalue weighted by Crippen LogP contribution is -2.44. The highest BCUT2D eigenvalue weighted by Gasteiger charge is 2.35. The van der Waals surface area contributed by atoms with E-state index in [2.05, 4.69) is 34.9 Å². The van der Waals surface area contributed by atoms with Gasteiger partial charge in [0.25, 0.3) is 0 Å². The van der Waals surface area contributed by atoms with E-state index in [4.69, 9.17) is 14.6 Å². The summed E-state index contributed by atoms with van der Waals surface area (Å²) in [5, 5.41) is 14.7. The number of amides is 2. The van der Waals surface area contributed by atoms with E-state index in [0.29, 0.717) is 38.8 Å². The third kappa shape index (κ3) is 6.00. The number of carboxylic acid groups (broad SMARTS) is 1. The van der Waals surface area contributed by atoms with Gasteiger partial charge in [-0.25, -0.2) is 9.59 Å². The molecule has 2 aromatic rings. The van der Waals surface area contributed by atoms with Crippen LogP contribution in [-0.4, -0.2) is 55.0 Å². The van der Waals surface area contributed by atoms with Crippen LogP contribution in [0.4, 0.5) is 4.79 Å². The zero-order valence-electron chi connectivity index (χ0n) is 19.9. The molecule has 2 aromatic carbocycles. The highest BCUT2D eigenvalue weighted by Crippen LogP contribution is 2.44. The van der Waals surface area contributed by atoms with Crippen LogP contribution >= 0.6 is 0 Å². The van der Waals surface area contributed by atoms with E-state index >= 15 is 0 Å². The average molecular weight is 481 g/mol. The van der Waals surface area contributed by atoms with Gasteiger partial charge in [-0.2, -0.15) is 0 Å². The predicted octanol–water partition coefficient (Wildman–Crippen LogP) is 3.69. The van der Waals surface area contributed by atoms with Gasteiger partial charge in [-0.15, -0.1) is 0 Å². The SMILES string of the molecule is CC(CCNC(=O)OCC1c2ccccc2-c2ccccc21)CCC(=O)NC1CCOC1C(=O)O. The lowest BCUT2D eigenvalue weighted by atomic mass is 9.98. The van der Waals surface area contributed by atoms with Crippen LogP contribution in [0.2, 0.25) is 0 Å². The molecule has 1 heterocycles. The molecule has 3 N–H and O–H groups in total. The van der Waals surface area contributed by atoms with Gasteiger partial charge in [0.2, 0.25) is 5.91 Å². The number of rotatable bonds is 10. The summed E-state index contributed by atoms with van der Waals surface area (Å²) in [6, 6.07) is 15.9. The fourth-order valence-corrected chi connectivity index (χ4v) is 4.85. The minimum Gasteiger partial charge on any atom is -0.479 e.